The largest absolute Gasteiger partial charge is 0.508 e. The molecule has 7 heteroatoms. The van der Waals surface area contributed by atoms with Crippen LogP contribution < -0.4 is 5.46 Å². The Labute approximate surface area is 120 Å². The minimum atomic E-state index is -1.51. The van der Waals surface area contributed by atoms with Crippen LogP contribution in [0.2, 0.25) is 0 Å². The van der Waals surface area contributed by atoms with E-state index in [4.69, 9.17) is 14.5 Å². The van der Waals surface area contributed by atoms with Gasteiger partial charge in [-0.05, 0) is 41.9 Å². The predicted octanol–water partition coefficient (Wildman–Crippen LogP) is 0.789. The van der Waals surface area contributed by atoms with Crippen LogP contribution in [-0.2, 0) is 0 Å². The number of benzene rings is 2. The van der Waals surface area contributed by atoms with E-state index in [1.807, 2.05) is 0 Å². The molecule has 0 amide bonds. The highest BCUT2D eigenvalue weighted by molar-refractivity contribution is 6.58. The van der Waals surface area contributed by atoms with Crippen LogP contribution in [0.5, 0.6) is 5.75 Å². The van der Waals surface area contributed by atoms with E-state index in [-0.39, 0.29) is 5.75 Å². The van der Waals surface area contributed by atoms with Gasteiger partial charge in [-0.15, -0.1) is 10.2 Å². The van der Waals surface area contributed by atoms with Gasteiger partial charge in [-0.1, -0.05) is 12.1 Å². The van der Waals surface area contributed by atoms with Crippen LogP contribution in [0.4, 0.5) is 0 Å². The summed E-state index contributed by atoms with van der Waals surface area (Å²) in [6.45, 7) is 0. The lowest BCUT2D eigenvalue weighted by Crippen LogP contribution is -2.29. The molecule has 0 aliphatic carbocycles. The topological polar surface area (TPSA) is 99.6 Å². The molecule has 0 fully saturated rings. The maximum Gasteiger partial charge on any atom is 0.488 e. The Bertz CT molecular complexity index is 738. The van der Waals surface area contributed by atoms with Gasteiger partial charge in [0.15, 0.2) is 0 Å². The molecule has 0 spiro atoms. The Morgan fingerprint density at radius 2 is 1.24 bits per heavy atom. The summed E-state index contributed by atoms with van der Waals surface area (Å²) in [5.74, 6) is 0.838. The first kappa shape index (κ1) is 13.4. The van der Waals surface area contributed by atoms with E-state index in [9.17, 15) is 5.11 Å². The fourth-order valence-corrected chi connectivity index (χ4v) is 1.86. The Morgan fingerprint density at radius 1 is 0.762 bits per heavy atom. The number of rotatable bonds is 3. The number of phenols is 1. The number of nitrogens with zero attached hydrogens (tertiary/aromatic N) is 2. The van der Waals surface area contributed by atoms with Crippen LogP contribution in [0.15, 0.2) is 52.9 Å². The van der Waals surface area contributed by atoms with Crippen LogP contribution in [0.25, 0.3) is 22.9 Å². The number of aromatic hydroxyl groups is 1. The van der Waals surface area contributed by atoms with E-state index in [1.54, 1.807) is 36.4 Å². The maximum absolute atomic E-state index is 9.25. The lowest BCUT2D eigenvalue weighted by Gasteiger charge is -1.99. The van der Waals surface area contributed by atoms with Gasteiger partial charge in [0.05, 0.1) is 0 Å². The molecule has 0 aliphatic rings. The van der Waals surface area contributed by atoms with Gasteiger partial charge in [0, 0.05) is 11.1 Å². The normalized spacial score (nSPS) is 10.6. The monoisotopic (exact) mass is 282 g/mol. The molecule has 6 nitrogen and oxygen atoms in total. The first-order valence-corrected chi connectivity index (χ1v) is 6.23. The average Bonchev–Trinajstić information content (AvgIpc) is 2.98. The van der Waals surface area contributed by atoms with Crippen molar-refractivity contribution in [3.8, 4) is 28.7 Å². The second-order valence-electron chi connectivity index (χ2n) is 4.45. The Balaban J connectivity index is 1.89. The van der Waals surface area contributed by atoms with Gasteiger partial charge in [-0.2, -0.15) is 0 Å². The molecule has 0 unspecified atom stereocenters. The molecular weight excluding hydrogens is 271 g/mol. The van der Waals surface area contributed by atoms with Gasteiger partial charge in [0.1, 0.15) is 5.75 Å². The molecule has 1 aromatic heterocycles. The SMILES string of the molecule is OB(O)c1ccc(-c2nnc(-c3ccc(O)cc3)o2)cc1. The average molecular weight is 282 g/mol. The summed E-state index contributed by atoms with van der Waals surface area (Å²) in [5, 5.41) is 35.2. The molecule has 3 rings (SSSR count). The lowest BCUT2D eigenvalue weighted by atomic mass is 9.80. The van der Waals surface area contributed by atoms with Crippen LogP contribution in [0.3, 0.4) is 0 Å². The molecule has 0 radical (unpaired) electrons. The Morgan fingerprint density at radius 3 is 1.71 bits per heavy atom. The van der Waals surface area contributed by atoms with E-state index in [0.717, 1.165) is 0 Å². The minimum Gasteiger partial charge on any atom is -0.508 e. The molecular formula is C14H11BN2O4. The standard InChI is InChI=1S/C14H11BN2O4/c18-12-7-3-10(4-8-12)14-17-16-13(21-14)9-1-5-11(6-2-9)15(19)20/h1-8,18-20H. The molecule has 0 atom stereocenters. The van der Waals surface area contributed by atoms with Crippen molar-refractivity contribution in [2.24, 2.45) is 0 Å². The first-order chi connectivity index (χ1) is 10.1. The Hall–Kier alpha value is -2.64. The van der Waals surface area contributed by atoms with E-state index >= 15 is 0 Å². The van der Waals surface area contributed by atoms with Crippen molar-refractivity contribution in [3.05, 3.63) is 48.5 Å². The molecule has 2 aromatic carbocycles. The predicted molar refractivity (Wildman–Crippen MR) is 76.7 cm³/mol. The van der Waals surface area contributed by atoms with Crippen molar-refractivity contribution in [2.45, 2.75) is 0 Å². The molecule has 0 bridgehead atoms. The quantitative estimate of drug-likeness (QED) is 0.614. The van der Waals surface area contributed by atoms with Crippen LogP contribution in [0.1, 0.15) is 0 Å². The second-order valence-corrected chi connectivity index (χ2v) is 4.45. The molecule has 0 saturated carbocycles. The zero-order valence-electron chi connectivity index (χ0n) is 10.8. The highest BCUT2D eigenvalue weighted by Crippen LogP contribution is 2.24. The zero-order chi connectivity index (χ0) is 14.8. The lowest BCUT2D eigenvalue weighted by molar-refractivity contribution is 0.426. The Kier molecular flexibility index (Phi) is 3.43. The fraction of sp³-hybridized carbons (Fsp3) is 0. The fourth-order valence-electron chi connectivity index (χ4n) is 1.86. The third kappa shape index (κ3) is 2.79. The smallest absolute Gasteiger partial charge is 0.488 e. The van der Waals surface area contributed by atoms with Gasteiger partial charge in [0.25, 0.3) is 0 Å². The minimum absolute atomic E-state index is 0.164. The molecule has 3 aromatic rings. The van der Waals surface area contributed by atoms with Crippen molar-refractivity contribution < 1.29 is 19.6 Å². The summed E-state index contributed by atoms with van der Waals surface area (Å²) in [4.78, 5) is 0. The number of aromatic nitrogens is 2. The molecule has 1 heterocycles. The van der Waals surface area contributed by atoms with Crippen molar-refractivity contribution in [3.63, 3.8) is 0 Å². The summed E-state index contributed by atoms with van der Waals surface area (Å²) in [7, 11) is -1.51. The van der Waals surface area contributed by atoms with E-state index in [2.05, 4.69) is 10.2 Å². The number of phenolic OH excluding ortho intramolecular Hbond substituents is 1. The molecule has 3 N–H and O–H groups in total. The van der Waals surface area contributed by atoms with Gasteiger partial charge >= 0.3 is 7.12 Å². The van der Waals surface area contributed by atoms with Crippen molar-refractivity contribution >= 4 is 12.6 Å². The second kappa shape index (κ2) is 5.39. The summed E-state index contributed by atoms with van der Waals surface area (Å²) >= 11 is 0. The zero-order valence-corrected chi connectivity index (χ0v) is 10.8. The van der Waals surface area contributed by atoms with Gasteiger partial charge < -0.3 is 19.6 Å². The molecule has 21 heavy (non-hydrogen) atoms. The van der Waals surface area contributed by atoms with Gasteiger partial charge in [-0.3, -0.25) is 0 Å². The molecule has 0 aliphatic heterocycles. The van der Waals surface area contributed by atoms with Crippen molar-refractivity contribution in [2.75, 3.05) is 0 Å². The van der Waals surface area contributed by atoms with E-state index in [0.29, 0.717) is 28.4 Å². The first-order valence-electron chi connectivity index (χ1n) is 6.23. The van der Waals surface area contributed by atoms with Crippen LogP contribution in [0, 0.1) is 0 Å². The van der Waals surface area contributed by atoms with E-state index < -0.39 is 7.12 Å². The van der Waals surface area contributed by atoms with Crippen molar-refractivity contribution in [1.82, 2.24) is 10.2 Å². The maximum atomic E-state index is 9.25. The highest BCUT2D eigenvalue weighted by atomic mass is 16.4. The number of hydrogen-bond acceptors (Lipinski definition) is 6. The summed E-state index contributed by atoms with van der Waals surface area (Å²) < 4.78 is 5.57. The molecule has 0 saturated heterocycles. The van der Waals surface area contributed by atoms with Crippen molar-refractivity contribution in [1.29, 1.82) is 0 Å². The van der Waals surface area contributed by atoms with E-state index in [1.165, 1.54) is 12.1 Å². The van der Waals surface area contributed by atoms with Gasteiger partial charge in [-0.25, -0.2) is 0 Å². The third-order valence-electron chi connectivity index (χ3n) is 3.00. The number of hydrogen-bond donors (Lipinski definition) is 3. The van der Waals surface area contributed by atoms with Crippen LogP contribution >= 0.6 is 0 Å². The highest BCUT2D eigenvalue weighted by Gasteiger charge is 2.13. The van der Waals surface area contributed by atoms with Gasteiger partial charge in [0.2, 0.25) is 11.8 Å². The van der Waals surface area contributed by atoms with Crippen LogP contribution in [-0.4, -0.2) is 32.5 Å². The summed E-state index contributed by atoms with van der Waals surface area (Å²) in [6, 6.07) is 12.9. The third-order valence-corrected chi connectivity index (χ3v) is 3.00. The summed E-state index contributed by atoms with van der Waals surface area (Å²) in [6.07, 6.45) is 0. The summed E-state index contributed by atoms with van der Waals surface area (Å²) in [5.41, 5.74) is 1.77. The molecule has 104 valence electrons.